The second-order valence-electron chi connectivity index (χ2n) is 6.47. The van der Waals surface area contributed by atoms with Gasteiger partial charge in [-0.1, -0.05) is 12.5 Å². The van der Waals surface area contributed by atoms with Gasteiger partial charge in [-0.15, -0.1) is 11.3 Å². The van der Waals surface area contributed by atoms with Crippen LogP contribution >= 0.6 is 11.3 Å². The van der Waals surface area contributed by atoms with Crippen LogP contribution in [0.25, 0.3) is 10.1 Å². The van der Waals surface area contributed by atoms with Crippen molar-refractivity contribution < 1.29 is 14.0 Å². The van der Waals surface area contributed by atoms with Gasteiger partial charge in [0.25, 0.3) is 5.91 Å². The van der Waals surface area contributed by atoms with Gasteiger partial charge < -0.3 is 10.2 Å². The number of likely N-dealkylation sites (tertiary alicyclic amines) is 1. The van der Waals surface area contributed by atoms with E-state index in [0.717, 1.165) is 36.9 Å². The van der Waals surface area contributed by atoms with E-state index in [-0.39, 0.29) is 17.6 Å². The molecule has 134 valence electrons. The molecule has 0 spiro atoms. The summed E-state index contributed by atoms with van der Waals surface area (Å²) in [6.07, 6.45) is 4.52. The van der Waals surface area contributed by atoms with Gasteiger partial charge in [-0.05, 0) is 43.9 Å². The quantitative estimate of drug-likeness (QED) is 0.821. The van der Waals surface area contributed by atoms with Crippen LogP contribution in [-0.2, 0) is 4.79 Å². The molecule has 2 aromatic rings. The second-order valence-corrected chi connectivity index (χ2v) is 7.52. The van der Waals surface area contributed by atoms with Crippen molar-refractivity contribution in [2.24, 2.45) is 0 Å². The van der Waals surface area contributed by atoms with E-state index in [1.165, 1.54) is 17.4 Å². The lowest BCUT2D eigenvalue weighted by Crippen LogP contribution is -2.33. The maximum atomic E-state index is 13.9. The summed E-state index contributed by atoms with van der Waals surface area (Å²) >= 11 is 1.32. The number of benzene rings is 1. The fraction of sp³-hybridized carbons (Fsp3) is 0.474. The first-order valence-corrected chi connectivity index (χ1v) is 9.63. The average molecular weight is 362 g/mol. The molecule has 4 nitrogen and oxygen atoms in total. The molecule has 1 aliphatic rings. The lowest BCUT2D eigenvalue weighted by molar-refractivity contribution is -0.130. The van der Waals surface area contributed by atoms with Crippen LogP contribution in [0.4, 0.5) is 4.39 Å². The topological polar surface area (TPSA) is 49.4 Å². The molecule has 1 N–H and O–H groups in total. The number of rotatable bonds is 5. The van der Waals surface area contributed by atoms with Crippen LogP contribution < -0.4 is 5.32 Å². The lowest BCUT2D eigenvalue weighted by atomic mass is 10.1. The highest BCUT2D eigenvalue weighted by Crippen LogP contribution is 2.32. The predicted octanol–water partition coefficient (Wildman–Crippen LogP) is 3.87. The molecule has 2 amide bonds. The Kier molecular flexibility index (Phi) is 5.68. The summed E-state index contributed by atoms with van der Waals surface area (Å²) in [7, 11) is 0. The summed E-state index contributed by atoms with van der Waals surface area (Å²) < 4.78 is 14.7. The van der Waals surface area contributed by atoms with Crippen LogP contribution in [0.5, 0.6) is 0 Å². The summed E-state index contributed by atoms with van der Waals surface area (Å²) in [6.45, 7) is 3.80. The fourth-order valence-corrected chi connectivity index (χ4v) is 4.44. The number of carbonyl (C=O) groups is 2. The number of carbonyl (C=O) groups excluding carboxylic acids is 2. The molecule has 2 heterocycles. The summed E-state index contributed by atoms with van der Waals surface area (Å²) in [6, 6.07) is 4.91. The summed E-state index contributed by atoms with van der Waals surface area (Å²) in [4.78, 5) is 26.8. The molecular weight excluding hydrogens is 339 g/mol. The highest BCUT2D eigenvalue weighted by Gasteiger charge is 2.18. The van der Waals surface area contributed by atoms with Crippen molar-refractivity contribution in [3.05, 3.63) is 34.5 Å². The standard InChI is InChI=1S/C19H23FN2O2S/c1-13-17-14(20)7-5-8-15(17)25-18(13)19(24)21-10-6-12-22-11-4-2-3-9-16(22)23/h5,7-8H,2-4,6,9-12H2,1H3,(H,21,24). The Morgan fingerprint density at radius 1 is 1.32 bits per heavy atom. The molecule has 6 heteroatoms. The molecular formula is C19H23FN2O2S. The van der Waals surface area contributed by atoms with E-state index < -0.39 is 0 Å². The lowest BCUT2D eigenvalue weighted by Gasteiger charge is -2.20. The molecule has 1 aliphatic heterocycles. The third-order valence-electron chi connectivity index (χ3n) is 4.67. The Balaban J connectivity index is 1.55. The van der Waals surface area contributed by atoms with Crippen LogP contribution in [-0.4, -0.2) is 36.3 Å². The maximum absolute atomic E-state index is 13.9. The Hall–Kier alpha value is -1.95. The number of amides is 2. The zero-order valence-electron chi connectivity index (χ0n) is 14.4. The van der Waals surface area contributed by atoms with Gasteiger partial charge in [0, 0.05) is 36.1 Å². The van der Waals surface area contributed by atoms with Gasteiger partial charge in [0.1, 0.15) is 5.82 Å². The van der Waals surface area contributed by atoms with Crippen molar-refractivity contribution >= 4 is 33.2 Å². The molecule has 1 aromatic heterocycles. The number of hydrogen-bond acceptors (Lipinski definition) is 3. The Morgan fingerprint density at radius 2 is 2.16 bits per heavy atom. The Labute approximate surface area is 151 Å². The minimum Gasteiger partial charge on any atom is -0.351 e. The Bertz CT molecular complexity index is 787. The largest absolute Gasteiger partial charge is 0.351 e. The van der Waals surface area contributed by atoms with Gasteiger partial charge in [-0.2, -0.15) is 0 Å². The Morgan fingerprint density at radius 3 is 2.96 bits per heavy atom. The van der Waals surface area contributed by atoms with E-state index in [0.29, 0.717) is 35.3 Å². The fourth-order valence-electron chi connectivity index (χ4n) is 3.30. The molecule has 1 saturated heterocycles. The molecule has 0 saturated carbocycles. The summed E-state index contributed by atoms with van der Waals surface area (Å²) in [5.74, 6) is -0.232. The van der Waals surface area contributed by atoms with E-state index in [1.807, 2.05) is 11.0 Å². The van der Waals surface area contributed by atoms with Gasteiger partial charge >= 0.3 is 0 Å². The number of thiophene rings is 1. The van der Waals surface area contributed by atoms with Crippen molar-refractivity contribution in [3.8, 4) is 0 Å². The number of aryl methyl sites for hydroxylation is 1. The van der Waals surface area contributed by atoms with E-state index in [2.05, 4.69) is 5.32 Å². The number of hydrogen-bond donors (Lipinski definition) is 1. The van der Waals surface area contributed by atoms with Crippen LogP contribution in [0.1, 0.15) is 47.3 Å². The highest BCUT2D eigenvalue weighted by atomic mass is 32.1. The van der Waals surface area contributed by atoms with Crippen molar-refractivity contribution in [2.45, 2.75) is 39.0 Å². The third kappa shape index (κ3) is 4.00. The first-order valence-electron chi connectivity index (χ1n) is 8.81. The molecule has 1 aromatic carbocycles. The first-order chi connectivity index (χ1) is 12.1. The van der Waals surface area contributed by atoms with Gasteiger partial charge in [0.05, 0.1) is 4.88 Å². The molecule has 25 heavy (non-hydrogen) atoms. The van der Waals surface area contributed by atoms with E-state index in [4.69, 9.17) is 0 Å². The molecule has 0 aliphatic carbocycles. The van der Waals surface area contributed by atoms with Gasteiger partial charge in [-0.25, -0.2) is 4.39 Å². The van der Waals surface area contributed by atoms with Crippen LogP contribution in [0.3, 0.4) is 0 Å². The molecule has 1 fully saturated rings. The second kappa shape index (κ2) is 7.95. The van der Waals surface area contributed by atoms with Gasteiger partial charge in [-0.3, -0.25) is 9.59 Å². The van der Waals surface area contributed by atoms with Crippen LogP contribution in [0, 0.1) is 12.7 Å². The van der Waals surface area contributed by atoms with Gasteiger partial charge in [0.2, 0.25) is 5.91 Å². The number of halogens is 1. The van der Waals surface area contributed by atoms with Gasteiger partial charge in [0.15, 0.2) is 0 Å². The first kappa shape index (κ1) is 17.9. The molecule has 0 atom stereocenters. The minimum atomic E-state index is -0.287. The average Bonchev–Trinajstić information content (AvgIpc) is 2.80. The molecule has 0 unspecified atom stereocenters. The van der Waals surface area contributed by atoms with Crippen LogP contribution in [0.2, 0.25) is 0 Å². The van der Waals surface area contributed by atoms with Crippen molar-refractivity contribution in [2.75, 3.05) is 19.6 Å². The predicted molar refractivity (Wildman–Crippen MR) is 98.5 cm³/mol. The zero-order valence-corrected chi connectivity index (χ0v) is 15.3. The SMILES string of the molecule is Cc1c(C(=O)NCCCN2CCCCCC2=O)sc2cccc(F)c12. The number of fused-ring (bicyclic) bond motifs is 1. The van der Waals surface area contributed by atoms with E-state index in [9.17, 15) is 14.0 Å². The third-order valence-corrected chi connectivity index (χ3v) is 5.93. The summed E-state index contributed by atoms with van der Waals surface area (Å²) in [5.41, 5.74) is 0.693. The number of nitrogens with zero attached hydrogens (tertiary/aromatic N) is 1. The van der Waals surface area contributed by atoms with Crippen LogP contribution in [0.15, 0.2) is 18.2 Å². The van der Waals surface area contributed by atoms with E-state index in [1.54, 1.807) is 13.0 Å². The minimum absolute atomic E-state index is 0.166. The zero-order chi connectivity index (χ0) is 17.8. The number of nitrogens with one attached hydrogen (secondary N) is 1. The molecule has 0 radical (unpaired) electrons. The van der Waals surface area contributed by atoms with E-state index >= 15 is 0 Å². The smallest absolute Gasteiger partial charge is 0.261 e. The molecule has 3 rings (SSSR count). The highest BCUT2D eigenvalue weighted by molar-refractivity contribution is 7.21. The normalized spacial score (nSPS) is 15.4. The monoisotopic (exact) mass is 362 g/mol. The molecule has 0 bridgehead atoms. The summed E-state index contributed by atoms with van der Waals surface area (Å²) in [5, 5.41) is 3.44. The van der Waals surface area contributed by atoms with Crippen molar-refractivity contribution in [1.29, 1.82) is 0 Å². The van der Waals surface area contributed by atoms with Crippen molar-refractivity contribution in [3.63, 3.8) is 0 Å². The maximum Gasteiger partial charge on any atom is 0.261 e. The van der Waals surface area contributed by atoms with Crippen molar-refractivity contribution in [1.82, 2.24) is 10.2 Å².